The molecule has 1 aliphatic heterocycles. The first kappa shape index (κ1) is 20.4. The number of benzene rings is 1. The van der Waals surface area contributed by atoms with Gasteiger partial charge in [0.15, 0.2) is 11.5 Å². The molecule has 28 heavy (non-hydrogen) atoms. The van der Waals surface area contributed by atoms with Crippen molar-refractivity contribution < 1.29 is 14.3 Å². The molecule has 1 saturated heterocycles. The van der Waals surface area contributed by atoms with Crippen LogP contribution in [0.15, 0.2) is 41.8 Å². The highest BCUT2D eigenvalue weighted by atomic mass is 32.1. The quantitative estimate of drug-likeness (QED) is 0.630. The summed E-state index contributed by atoms with van der Waals surface area (Å²) in [6, 6.07) is 10.00. The monoisotopic (exact) mass is 400 g/mol. The third-order valence-electron chi connectivity index (χ3n) is 4.63. The van der Waals surface area contributed by atoms with Crippen molar-refractivity contribution in [3.05, 3.63) is 52.2 Å². The largest absolute Gasteiger partial charge is 0.490 e. The van der Waals surface area contributed by atoms with Gasteiger partial charge in [-0.05, 0) is 49.1 Å². The third kappa shape index (κ3) is 5.59. The molecule has 5 nitrogen and oxygen atoms in total. The predicted octanol–water partition coefficient (Wildman–Crippen LogP) is 3.90. The van der Waals surface area contributed by atoms with Gasteiger partial charge in [0.05, 0.1) is 13.2 Å². The Bertz CT molecular complexity index is 781. The molecule has 0 saturated carbocycles. The number of thiophene rings is 1. The summed E-state index contributed by atoms with van der Waals surface area (Å²) in [6.45, 7) is 9.38. The van der Waals surface area contributed by atoms with Crippen molar-refractivity contribution in [1.82, 2.24) is 9.80 Å². The Hall–Kier alpha value is -2.31. The van der Waals surface area contributed by atoms with E-state index in [0.717, 1.165) is 44.0 Å². The highest BCUT2D eigenvalue weighted by molar-refractivity contribution is 7.09. The zero-order valence-electron chi connectivity index (χ0n) is 16.6. The Kier molecular flexibility index (Phi) is 7.51. The van der Waals surface area contributed by atoms with Crippen LogP contribution in [0.3, 0.4) is 0 Å². The fourth-order valence-electron chi connectivity index (χ4n) is 3.19. The second-order valence-corrected chi connectivity index (χ2v) is 7.62. The maximum atomic E-state index is 12.5. The molecule has 1 aromatic heterocycles. The molecule has 0 bridgehead atoms. The van der Waals surface area contributed by atoms with Crippen molar-refractivity contribution >= 4 is 23.3 Å². The van der Waals surface area contributed by atoms with Gasteiger partial charge in [0, 0.05) is 43.7 Å². The molecule has 3 rings (SSSR count). The van der Waals surface area contributed by atoms with E-state index in [4.69, 9.17) is 9.47 Å². The van der Waals surface area contributed by atoms with Gasteiger partial charge in [0.2, 0.25) is 5.91 Å². The van der Waals surface area contributed by atoms with Gasteiger partial charge < -0.3 is 14.4 Å². The van der Waals surface area contributed by atoms with E-state index in [-0.39, 0.29) is 5.91 Å². The molecule has 150 valence electrons. The molecule has 2 aromatic rings. The zero-order valence-corrected chi connectivity index (χ0v) is 17.4. The van der Waals surface area contributed by atoms with Crippen molar-refractivity contribution in [1.29, 1.82) is 0 Å². The van der Waals surface area contributed by atoms with Gasteiger partial charge in [0.1, 0.15) is 0 Å². The van der Waals surface area contributed by atoms with Crippen molar-refractivity contribution in [2.45, 2.75) is 20.4 Å². The first-order valence-corrected chi connectivity index (χ1v) is 10.7. The van der Waals surface area contributed by atoms with Crippen molar-refractivity contribution in [2.24, 2.45) is 0 Å². The maximum Gasteiger partial charge on any atom is 0.246 e. The Morgan fingerprint density at radius 3 is 2.50 bits per heavy atom. The van der Waals surface area contributed by atoms with Gasteiger partial charge in [0.25, 0.3) is 0 Å². The molecular weight excluding hydrogens is 372 g/mol. The van der Waals surface area contributed by atoms with E-state index in [0.29, 0.717) is 19.0 Å². The number of carbonyl (C=O) groups is 1. The number of piperazine rings is 1. The summed E-state index contributed by atoms with van der Waals surface area (Å²) in [5, 5.41) is 2.11. The lowest BCUT2D eigenvalue weighted by molar-refractivity contribution is -0.127. The standard InChI is InChI=1S/C22H28N2O3S/c1-3-26-20-9-7-18(16-21(20)27-4-2)8-10-22(25)24-13-11-23(12-14-24)17-19-6-5-15-28-19/h5-10,15-16H,3-4,11-14,17H2,1-2H3/b10-8+. The summed E-state index contributed by atoms with van der Waals surface area (Å²) >= 11 is 1.79. The highest BCUT2D eigenvalue weighted by Crippen LogP contribution is 2.29. The van der Waals surface area contributed by atoms with E-state index in [2.05, 4.69) is 22.4 Å². The van der Waals surface area contributed by atoms with Gasteiger partial charge >= 0.3 is 0 Å². The van der Waals surface area contributed by atoms with Crippen molar-refractivity contribution in [2.75, 3.05) is 39.4 Å². The predicted molar refractivity (Wildman–Crippen MR) is 114 cm³/mol. The minimum Gasteiger partial charge on any atom is -0.490 e. The highest BCUT2D eigenvalue weighted by Gasteiger charge is 2.19. The SMILES string of the molecule is CCOc1ccc(/C=C/C(=O)N2CCN(Cc3cccs3)CC2)cc1OCC. The lowest BCUT2D eigenvalue weighted by Gasteiger charge is -2.34. The fraction of sp³-hybridized carbons (Fsp3) is 0.409. The maximum absolute atomic E-state index is 12.5. The number of hydrogen-bond donors (Lipinski definition) is 0. The number of nitrogens with zero attached hydrogens (tertiary/aromatic N) is 2. The van der Waals surface area contributed by atoms with E-state index in [9.17, 15) is 4.79 Å². The minimum absolute atomic E-state index is 0.0580. The third-order valence-corrected chi connectivity index (χ3v) is 5.49. The van der Waals surface area contributed by atoms with Crippen LogP contribution < -0.4 is 9.47 Å². The van der Waals surface area contributed by atoms with Gasteiger partial charge in [-0.2, -0.15) is 0 Å². The summed E-state index contributed by atoms with van der Waals surface area (Å²) < 4.78 is 11.2. The van der Waals surface area contributed by atoms with Crippen LogP contribution >= 0.6 is 11.3 Å². The minimum atomic E-state index is 0.0580. The Morgan fingerprint density at radius 1 is 1.07 bits per heavy atom. The summed E-state index contributed by atoms with van der Waals surface area (Å²) in [7, 11) is 0. The molecule has 0 N–H and O–H groups in total. The van der Waals surface area contributed by atoms with Crippen molar-refractivity contribution in [3.63, 3.8) is 0 Å². The Labute approximate surface area is 171 Å². The topological polar surface area (TPSA) is 42.0 Å². The molecule has 0 radical (unpaired) electrons. The van der Waals surface area contributed by atoms with Gasteiger partial charge in [-0.3, -0.25) is 9.69 Å². The lowest BCUT2D eigenvalue weighted by atomic mass is 10.1. The smallest absolute Gasteiger partial charge is 0.246 e. The van der Waals surface area contributed by atoms with Crippen LogP contribution in [0.4, 0.5) is 0 Å². The molecule has 6 heteroatoms. The number of ether oxygens (including phenoxy) is 2. The number of carbonyl (C=O) groups excluding carboxylic acids is 1. The molecule has 1 aromatic carbocycles. The molecule has 1 fully saturated rings. The van der Waals surface area contributed by atoms with E-state index >= 15 is 0 Å². The van der Waals surface area contributed by atoms with Gasteiger partial charge in [-0.1, -0.05) is 12.1 Å². The van der Waals surface area contributed by atoms with Gasteiger partial charge in [-0.15, -0.1) is 11.3 Å². The van der Waals surface area contributed by atoms with E-state index in [1.165, 1.54) is 4.88 Å². The van der Waals surface area contributed by atoms with Crippen molar-refractivity contribution in [3.8, 4) is 11.5 Å². The van der Waals surface area contributed by atoms with E-state index in [1.54, 1.807) is 17.4 Å². The average Bonchev–Trinajstić information content (AvgIpc) is 3.22. The number of hydrogen-bond acceptors (Lipinski definition) is 5. The van der Waals surface area contributed by atoms with Gasteiger partial charge in [-0.25, -0.2) is 0 Å². The molecule has 0 spiro atoms. The molecule has 1 aliphatic rings. The normalized spacial score (nSPS) is 15.1. The lowest BCUT2D eigenvalue weighted by Crippen LogP contribution is -2.47. The Morgan fingerprint density at radius 2 is 1.82 bits per heavy atom. The first-order valence-electron chi connectivity index (χ1n) is 9.81. The molecule has 0 atom stereocenters. The molecule has 0 aliphatic carbocycles. The number of rotatable bonds is 8. The molecule has 0 unspecified atom stereocenters. The second-order valence-electron chi connectivity index (χ2n) is 6.59. The van der Waals surface area contributed by atoms with Crippen LogP contribution in [0.25, 0.3) is 6.08 Å². The van der Waals surface area contributed by atoms with Crippen LogP contribution in [-0.2, 0) is 11.3 Å². The van der Waals surface area contributed by atoms with Crippen LogP contribution in [0.5, 0.6) is 11.5 Å². The second kappa shape index (κ2) is 10.3. The fourth-order valence-corrected chi connectivity index (χ4v) is 3.94. The summed E-state index contributed by atoms with van der Waals surface area (Å²) in [5.74, 6) is 1.50. The molecular formula is C22H28N2O3S. The molecule has 2 heterocycles. The van der Waals surface area contributed by atoms with Crippen LogP contribution in [0.2, 0.25) is 0 Å². The Balaban J connectivity index is 1.54. The summed E-state index contributed by atoms with van der Waals surface area (Å²) in [6.07, 6.45) is 3.50. The zero-order chi connectivity index (χ0) is 19.8. The van der Waals surface area contributed by atoms with E-state index < -0.39 is 0 Å². The van der Waals surface area contributed by atoms with Crippen LogP contribution in [-0.4, -0.2) is 55.1 Å². The average molecular weight is 401 g/mol. The molecule has 1 amide bonds. The first-order chi connectivity index (χ1) is 13.7. The summed E-state index contributed by atoms with van der Waals surface area (Å²) in [4.78, 5) is 18.2. The van der Waals surface area contributed by atoms with Crippen LogP contribution in [0, 0.1) is 0 Å². The van der Waals surface area contributed by atoms with Crippen LogP contribution in [0.1, 0.15) is 24.3 Å². The van der Waals surface area contributed by atoms with E-state index in [1.807, 2.05) is 43.0 Å². The summed E-state index contributed by atoms with van der Waals surface area (Å²) in [5.41, 5.74) is 0.927. The number of amides is 1.